The molecule has 22 heavy (non-hydrogen) atoms. The van der Waals surface area contributed by atoms with Crippen molar-refractivity contribution in [1.82, 2.24) is 0 Å². The zero-order valence-electron chi connectivity index (χ0n) is 12.9. The Kier molecular flexibility index (Phi) is 3.80. The number of rotatable bonds is 2. The van der Waals surface area contributed by atoms with E-state index >= 15 is 0 Å². The molecular weight excluding hydrogens is 274 g/mol. The number of carbonyl (C=O) groups is 2. The van der Waals surface area contributed by atoms with E-state index in [4.69, 9.17) is 0 Å². The van der Waals surface area contributed by atoms with Crippen molar-refractivity contribution in [2.45, 2.75) is 33.2 Å². The molecule has 1 amide bonds. The van der Waals surface area contributed by atoms with Crippen molar-refractivity contribution in [1.29, 1.82) is 0 Å². The van der Waals surface area contributed by atoms with Crippen LogP contribution in [-0.2, 0) is 11.3 Å². The highest BCUT2D eigenvalue weighted by atomic mass is 16.2. The van der Waals surface area contributed by atoms with Crippen molar-refractivity contribution in [3.8, 4) is 0 Å². The van der Waals surface area contributed by atoms with Gasteiger partial charge in [0.05, 0.1) is 12.2 Å². The van der Waals surface area contributed by atoms with Crippen molar-refractivity contribution in [2.24, 2.45) is 0 Å². The summed E-state index contributed by atoms with van der Waals surface area (Å²) in [5.41, 5.74) is 4.84. The third-order valence-electron chi connectivity index (χ3n) is 3.98. The van der Waals surface area contributed by atoms with E-state index in [0.717, 1.165) is 11.3 Å². The monoisotopic (exact) mass is 293 g/mol. The molecule has 2 aromatic rings. The summed E-state index contributed by atoms with van der Waals surface area (Å²) in [4.78, 5) is 26.4. The molecule has 0 saturated heterocycles. The first-order chi connectivity index (χ1) is 10.5. The van der Waals surface area contributed by atoms with Crippen LogP contribution in [0.2, 0.25) is 0 Å². The Hall–Kier alpha value is -2.42. The largest absolute Gasteiger partial charge is 0.307 e. The molecule has 0 aliphatic carbocycles. The summed E-state index contributed by atoms with van der Waals surface area (Å²) in [5.74, 6) is 0.0596. The fourth-order valence-corrected chi connectivity index (χ4v) is 3.09. The molecule has 0 fully saturated rings. The second-order valence-corrected chi connectivity index (χ2v) is 5.92. The number of amides is 1. The number of hydrogen-bond acceptors (Lipinski definition) is 2. The van der Waals surface area contributed by atoms with Gasteiger partial charge in [-0.3, -0.25) is 9.59 Å². The summed E-state index contributed by atoms with van der Waals surface area (Å²) >= 11 is 0. The van der Waals surface area contributed by atoms with E-state index in [2.05, 4.69) is 32.0 Å². The fraction of sp³-hybridized carbons (Fsp3) is 0.263. The Morgan fingerprint density at radius 3 is 2.36 bits per heavy atom. The van der Waals surface area contributed by atoms with Crippen molar-refractivity contribution >= 4 is 17.4 Å². The minimum Gasteiger partial charge on any atom is -0.307 e. The fourth-order valence-electron chi connectivity index (χ4n) is 3.09. The van der Waals surface area contributed by atoms with E-state index in [1.165, 1.54) is 11.1 Å². The zero-order valence-corrected chi connectivity index (χ0v) is 12.9. The molecule has 3 heteroatoms. The molecule has 1 aliphatic rings. The van der Waals surface area contributed by atoms with E-state index in [9.17, 15) is 9.59 Å². The van der Waals surface area contributed by atoms with Gasteiger partial charge in [0.2, 0.25) is 5.91 Å². The van der Waals surface area contributed by atoms with Crippen LogP contribution in [0.5, 0.6) is 0 Å². The number of ketones is 1. The first kappa shape index (κ1) is 14.5. The Labute approximate surface area is 130 Å². The summed E-state index contributed by atoms with van der Waals surface area (Å²) in [7, 11) is 0. The molecule has 1 heterocycles. The lowest BCUT2D eigenvalue weighted by Gasteiger charge is -2.23. The number of benzene rings is 2. The van der Waals surface area contributed by atoms with Gasteiger partial charge in [-0.2, -0.15) is 0 Å². The van der Waals surface area contributed by atoms with Crippen LogP contribution in [0.4, 0.5) is 5.69 Å². The molecule has 0 bridgehead atoms. The molecule has 0 atom stereocenters. The van der Waals surface area contributed by atoms with Crippen LogP contribution in [0, 0.1) is 13.8 Å². The number of carbonyl (C=O) groups excluding carboxylic acids is 2. The van der Waals surface area contributed by atoms with E-state index in [-0.39, 0.29) is 18.1 Å². The Bertz CT molecular complexity index is 729. The lowest BCUT2D eigenvalue weighted by Crippen LogP contribution is -2.29. The molecule has 2 aromatic carbocycles. The molecule has 3 rings (SSSR count). The molecule has 0 unspecified atom stereocenters. The van der Waals surface area contributed by atoms with Crippen LogP contribution < -0.4 is 4.90 Å². The van der Waals surface area contributed by atoms with Crippen LogP contribution in [0.1, 0.15) is 39.9 Å². The second-order valence-electron chi connectivity index (χ2n) is 5.92. The number of Topliss-reactive ketones (excluding diaryl/α,β-unsaturated/α-hetero) is 1. The predicted molar refractivity (Wildman–Crippen MR) is 87.1 cm³/mol. The third-order valence-corrected chi connectivity index (χ3v) is 3.98. The average Bonchev–Trinajstić information content (AvgIpc) is 2.59. The minimum absolute atomic E-state index is 0.0115. The van der Waals surface area contributed by atoms with Crippen LogP contribution in [-0.4, -0.2) is 11.7 Å². The van der Waals surface area contributed by atoms with Gasteiger partial charge in [0.25, 0.3) is 0 Å². The molecule has 3 nitrogen and oxygen atoms in total. The van der Waals surface area contributed by atoms with Crippen LogP contribution in [0.25, 0.3) is 0 Å². The van der Waals surface area contributed by atoms with Gasteiger partial charge in [-0.1, -0.05) is 41.5 Å². The molecule has 0 radical (unpaired) electrons. The molecule has 0 aromatic heterocycles. The Balaban J connectivity index is 2.02. The van der Waals surface area contributed by atoms with Crippen LogP contribution in [0.15, 0.2) is 42.5 Å². The van der Waals surface area contributed by atoms with Gasteiger partial charge < -0.3 is 4.90 Å². The molecule has 0 N–H and O–H groups in total. The smallest absolute Gasteiger partial charge is 0.227 e. The van der Waals surface area contributed by atoms with E-state index in [1.807, 2.05) is 24.3 Å². The average molecular weight is 293 g/mol. The minimum atomic E-state index is 0.0115. The molecule has 1 aliphatic heterocycles. The van der Waals surface area contributed by atoms with Crippen molar-refractivity contribution in [2.75, 3.05) is 4.90 Å². The van der Waals surface area contributed by atoms with E-state index in [1.54, 1.807) is 4.90 Å². The maximum atomic E-state index is 12.5. The standard InChI is InChI=1S/C19H19NO2/c1-13-9-14(2)11-15(10-13)12-20-17-6-4-3-5-16(17)18(21)7-8-19(20)22/h3-6,9-11H,7-8,12H2,1-2H3. The van der Waals surface area contributed by atoms with Gasteiger partial charge in [-0.25, -0.2) is 0 Å². The SMILES string of the molecule is Cc1cc(C)cc(CN2C(=O)CCC(=O)c3ccccc32)c1. The van der Waals surface area contributed by atoms with Crippen LogP contribution in [0.3, 0.4) is 0 Å². The number of nitrogens with zero attached hydrogens (tertiary/aromatic N) is 1. The summed E-state index contributed by atoms with van der Waals surface area (Å²) < 4.78 is 0. The number of fused-ring (bicyclic) bond motifs is 1. The third kappa shape index (κ3) is 2.80. The molecule has 0 saturated carbocycles. The van der Waals surface area contributed by atoms with Gasteiger partial charge in [-0.15, -0.1) is 0 Å². The highest BCUT2D eigenvalue weighted by Gasteiger charge is 2.26. The second kappa shape index (κ2) is 5.76. The zero-order chi connectivity index (χ0) is 15.7. The topological polar surface area (TPSA) is 37.4 Å². The maximum absolute atomic E-state index is 12.5. The molecule has 112 valence electrons. The van der Waals surface area contributed by atoms with Crippen molar-refractivity contribution < 1.29 is 9.59 Å². The number of anilines is 1. The summed E-state index contributed by atoms with van der Waals surface area (Å²) in [6.07, 6.45) is 0.567. The van der Waals surface area contributed by atoms with Gasteiger partial charge in [-0.05, 0) is 31.5 Å². The number of para-hydroxylation sites is 1. The number of aryl methyl sites for hydroxylation is 2. The van der Waals surface area contributed by atoms with Crippen LogP contribution >= 0.6 is 0 Å². The highest BCUT2D eigenvalue weighted by molar-refractivity contribution is 6.09. The van der Waals surface area contributed by atoms with Gasteiger partial charge in [0, 0.05) is 18.4 Å². The lowest BCUT2D eigenvalue weighted by molar-refractivity contribution is -0.118. The van der Waals surface area contributed by atoms with Gasteiger partial charge in [0.1, 0.15) is 0 Å². The van der Waals surface area contributed by atoms with Crippen molar-refractivity contribution in [3.05, 3.63) is 64.7 Å². The molecule has 0 spiro atoms. The maximum Gasteiger partial charge on any atom is 0.227 e. The van der Waals surface area contributed by atoms with Crippen molar-refractivity contribution in [3.63, 3.8) is 0 Å². The lowest BCUT2D eigenvalue weighted by atomic mass is 10.1. The quantitative estimate of drug-likeness (QED) is 0.844. The summed E-state index contributed by atoms with van der Waals surface area (Å²) in [6, 6.07) is 13.7. The molecular formula is C19H19NO2. The first-order valence-corrected chi connectivity index (χ1v) is 7.54. The highest BCUT2D eigenvalue weighted by Crippen LogP contribution is 2.28. The van der Waals surface area contributed by atoms with Gasteiger partial charge in [0.15, 0.2) is 5.78 Å². The summed E-state index contributed by atoms with van der Waals surface area (Å²) in [6.45, 7) is 4.61. The van der Waals surface area contributed by atoms with E-state index < -0.39 is 0 Å². The van der Waals surface area contributed by atoms with E-state index in [0.29, 0.717) is 18.5 Å². The first-order valence-electron chi connectivity index (χ1n) is 7.54. The van der Waals surface area contributed by atoms with Gasteiger partial charge >= 0.3 is 0 Å². The number of hydrogen-bond donors (Lipinski definition) is 0. The predicted octanol–water partition coefficient (Wildman–Crippen LogP) is 3.81. The Morgan fingerprint density at radius 2 is 1.64 bits per heavy atom. The normalized spacial score (nSPS) is 14.7. The Morgan fingerprint density at radius 1 is 0.955 bits per heavy atom. The summed E-state index contributed by atoms with van der Waals surface area (Å²) in [5, 5.41) is 0.